The van der Waals surface area contributed by atoms with Crippen LogP contribution in [0.5, 0.6) is 0 Å². The van der Waals surface area contributed by atoms with E-state index in [1.54, 1.807) is 57.2 Å². The van der Waals surface area contributed by atoms with Crippen molar-refractivity contribution in [1.82, 2.24) is 16.0 Å². The largest absolute Gasteiger partial charge is 0.504 e. The molecule has 1 rings (SSSR count). The van der Waals surface area contributed by atoms with E-state index < -0.39 is 36.9 Å². The molecule has 0 aliphatic rings. The molecule has 204 valence electrons. The van der Waals surface area contributed by atoms with Gasteiger partial charge in [0.05, 0.1) is 5.61 Å². The Morgan fingerprint density at radius 1 is 1.05 bits per heavy atom. The van der Waals surface area contributed by atoms with Gasteiger partial charge in [-0.2, -0.15) is 5.26 Å². The number of nitrogens with zero attached hydrogens (tertiary/aromatic N) is 2. The zero-order valence-electron chi connectivity index (χ0n) is 22.2. The molecule has 0 fully saturated rings. The van der Waals surface area contributed by atoms with Crippen molar-refractivity contribution in [3.8, 4) is 6.07 Å². The summed E-state index contributed by atoms with van der Waals surface area (Å²) in [5.74, 6) is -2.53. The minimum absolute atomic E-state index is 0.00871. The average molecular weight is 525 g/mol. The molecule has 0 aromatic heterocycles. The number of nitriles is 1. The van der Waals surface area contributed by atoms with E-state index in [0.717, 1.165) is 0 Å². The fraction of sp³-hybridized carbons (Fsp3) is 0.462. The van der Waals surface area contributed by atoms with E-state index in [1.807, 2.05) is 0 Å². The quantitative estimate of drug-likeness (QED) is 0.0776. The molecule has 0 unspecified atom stereocenters. The summed E-state index contributed by atoms with van der Waals surface area (Å²) in [6.45, 7) is 6.68. The van der Waals surface area contributed by atoms with Gasteiger partial charge >= 0.3 is 7.12 Å². The zero-order valence-corrected chi connectivity index (χ0v) is 22.2. The Kier molecular flexibility index (Phi) is 14.3. The number of aliphatic imine (C=N–C) groups is 1. The number of amides is 4. The van der Waals surface area contributed by atoms with E-state index in [0.29, 0.717) is 18.4 Å². The molecule has 1 aromatic rings. The summed E-state index contributed by atoms with van der Waals surface area (Å²) in [5.41, 5.74) is 0.529. The molecule has 1 aromatic carbocycles. The summed E-state index contributed by atoms with van der Waals surface area (Å²) in [4.78, 5) is 53.5. The van der Waals surface area contributed by atoms with Gasteiger partial charge < -0.3 is 26.0 Å². The molecule has 0 heterocycles. The van der Waals surface area contributed by atoms with Gasteiger partial charge in [0.2, 0.25) is 11.8 Å². The van der Waals surface area contributed by atoms with Crippen LogP contribution in [0, 0.1) is 17.2 Å². The molecule has 0 aliphatic heterocycles. The molecular weight excluding hydrogens is 489 g/mol. The molecule has 5 N–H and O–H groups in total. The third-order valence-corrected chi connectivity index (χ3v) is 5.53. The van der Waals surface area contributed by atoms with Crippen LogP contribution in [0.3, 0.4) is 0 Å². The van der Waals surface area contributed by atoms with Gasteiger partial charge in [0, 0.05) is 18.9 Å². The number of hydrogen-bond acceptors (Lipinski definition) is 7. The number of unbranched alkanes of at least 4 members (excludes halogenated alkanes) is 1. The number of nitrogens with one attached hydrogen (secondary N) is 3. The topological polar surface area (TPSA) is 181 Å². The second kappa shape index (κ2) is 16.8. The summed E-state index contributed by atoms with van der Waals surface area (Å²) >= 11 is 0. The lowest BCUT2D eigenvalue weighted by atomic mass is 9.79. The van der Waals surface area contributed by atoms with Crippen LogP contribution < -0.4 is 16.0 Å². The first kappa shape index (κ1) is 32.2. The Morgan fingerprint density at radius 2 is 1.71 bits per heavy atom. The molecule has 0 radical (unpaired) electrons. The van der Waals surface area contributed by atoms with Gasteiger partial charge in [-0.05, 0) is 38.7 Å². The van der Waals surface area contributed by atoms with Crippen LogP contribution in [0.2, 0.25) is 0 Å². The number of carbonyl (C=O) groups excluding carboxylic acids is 4. The monoisotopic (exact) mass is 525 g/mol. The van der Waals surface area contributed by atoms with Crippen LogP contribution in [0.1, 0.15) is 52.5 Å². The molecule has 0 bridgehead atoms. The Hall–Kier alpha value is -3.82. The zero-order chi connectivity index (χ0) is 28.7. The molecule has 12 heteroatoms. The fourth-order valence-electron chi connectivity index (χ4n) is 3.23. The molecule has 0 saturated carbocycles. The maximum atomic E-state index is 13.1. The van der Waals surface area contributed by atoms with Gasteiger partial charge in [-0.25, -0.2) is 4.99 Å². The lowest BCUT2D eigenvalue weighted by Crippen LogP contribution is -2.51. The summed E-state index contributed by atoms with van der Waals surface area (Å²) in [7, 11) is -1.98. The van der Waals surface area contributed by atoms with Gasteiger partial charge in [-0.3, -0.25) is 19.2 Å². The maximum Gasteiger partial charge on any atom is 0.504 e. The molecule has 0 aliphatic carbocycles. The van der Waals surface area contributed by atoms with Crippen LogP contribution in [-0.4, -0.2) is 65.0 Å². The van der Waals surface area contributed by atoms with Crippen molar-refractivity contribution in [2.45, 2.75) is 65.5 Å². The van der Waals surface area contributed by atoms with Crippen LogP contribution >= 0.6 is 0 Å². The van der Waals surface area contributed by atoms with E-state index in [4.69, 9.17) is 5.26 Å². The minimum atomic E-state index is -1.98. The lowest BCUT2D eigenvalue weighted by molar-refractivity contribution is -0.132. The maximum absolute atomic E-state index is 13.1. The molecule has 11 nitrogen and oxygen atoms in total. The second-order valence-electron chi connectivity index (χ2n) is 8.99. The first-order valence-corrected chi connectivity index (χ1v) is 12.5. The fourth-order valence-corrected chi connectivity index (χ4v) is 3.23. The molecule has 0 saturated heterocycles. The highest BCUT2D eigenvalue weighted by molar-refractivity contribution is 6.80. The molecule has 38 heavy (non-hydrogen) atoms. The Balaban J connectivity index is 2.96. The summed E-state index contributed by atoms with van der Waals surface area (Å²) < 4.78 is 0. The molecule has 2 atom stereocenters. The van der Waals surface area contributed by atoms with Gasteiger partial charge in [0.15, 0.2) is 0 Å². The van der Waals surface area contributed by atoms with Crippen LogP contribution in [0.4, 0.5) is 0 Å². The summed E-state index contributed by atoms with van der Waals surface area (Å²) in [6.07, 6.45) is 2.40. The first-order chi connectivity index (χ1) is 18.0. The van der Waals surface area contributed by atoms with Crippen molar-refractivity contribution in [3.63, 3.8) is 0 Å². The normalized spacial score (nSPS) is 13.2. The molecule has 4 amide bonds. The van der Waals surface area contributed by atoms with Crippen molar-refractivity contribution in [1.29, 1.82) is 5.26 Å². The van der Waals surface area contributed by atoms with Crippen LogP contribution in [0.15, 0.2) is 47.0 Å². The van der Waals surface area contributed by atoms with Crippen molar-refractivity contribution < 1.29 is 29.2 Å². The Bertz CT molecular complexity index is 1070. The third-order valence-electron chi connectivity index (χ3n) is 5.53. The van der Waals surface area contributed by atoms with Crippen molar-refractivity contribution in [2.24, 2.45) is 10.9 Å². The predicted octanol–water partition coefficient (Wildman–Crippen LogP) is 0.611. The Morgan fingerprint density at radius 3 is 2.26 bits per heavy atom. The second-order valence-corrected chi connectivity index (χ2v) is 8.99. The molecule has 0 spiro atoms. The van der Waals surface area contributed by atoms with Gasteiger partial charge in [-0.1, -0.05) is 50.3 Å². The van der Waals surface area contributed by atoms with E-state index in [-0.39, 0.29) is 42.4 Å². The average Bonchev–Trinajstić information content (AvgIpc) is 2.88. The highest BCUT2D eigenvalue weighted by atomic mass is 16.4. The van der Waals surface area contributed by atoms with E-state index in [2.05, 4.69) is 20.9 Å². The highest BCUT2D eigenvalue weighted by Gasteiger charge is 2.27. The van der Waals surface area contributed by atoms with Gasteiger partial charge in [0.25, 0.3) is 11.8 Å². The van der Waals surface area contributed by atoms with Crippen molar-refractivity contribution in [3.05, 3.63) is 47.5 Å². The van der Waals surface area contributed by atoms with E-state index in [1.165, 1.54) is 13.0 Å². The number of rotatable bonds is 14. The summed E-state index contributed by atoms with van der Waals surface area (Å²) in [6, 6.07) is 8.61. The predicted molar refractivity (Wildman–Crippen MR) is 143 cm³/mol. The SMILES string of the molecule is C/C=C(\C#N)C(=O)NCCCC[C@H](NC(=O)[C@H](C)NC(=O)C(C)C)C(=O)/N=C(\Cc1ccccc1)B(O)O. The smallest absolute Gasteiger partial charge is 0.422 e. The van der Waals surface area contributed by atoms with Crippen molar-refractivity contribution in [2.75, 3.05) is 6.54 Å². The standard InChI is InChI=1S/C26H36BN5O6/c1-5-20(16-28)25(35)29-14-10-9-13-21(31-24(34)18(4)30-23(33)17(2)3)26(36)32-22(27(37)38)15-19-11-7-6-8-12-19/h5-8,11-12,17-18,21,37-38H,9-10,13-15H2,1-4H3,(H,29,35)(H,30,33)(H,31,34)/b20-5+,32-22+/t18-,21-/m0/s1. The minimum Gasteiger partial charge on any atom is -0.422 e. The first-order valence-electron chi connectivity index (χ1n) is 12.5. The van der Waals surface area contributed by atoms with E-state index >= 15 is 0 Å². The third kappa shape index (κ3) is 11.5. The van der Waals surface area contributed by atoms with Crippen molar-refractivity contribution >= 4 is 36.4 Å². The number of carbonyl (C=O) groups is 4. The van der Waals surface area contributed by atoms with E-state index in [9.17, 15) is 29.2 Å². The molecular formula is C26H36BN5O6. The number of hydrogen-bond donors (Lipinski definition) is 5. The van der Waals surface area contributed by atoms with Gasteiger partial charge in [-0.15, -0.1) is 0 Å². The number of allylic oxidation sites excluding steroid dienone is 1. The highest BCUT2D eigenvalue weighted by Crippen LogP contribution is 2.08. The van der Waals surface area contributed by atoms with Crippen LogP contribution in [0.25, 0.3) is 0 Å². The summed E-state index contributed by atoms with van der Waals surface area (Å²) in [5, 5.41) is 36.2. The number of benzene rings is 1. The Labute approximate surface area is 223 Å². The van der Waals surface area contributed by atoms with Gasteiger partial charge in [0.1, 0.15) is 23.7 Å². The lowest BCUT2D eigenvalue weighted by Gasteiger charge is -2.20. The van der Waals surface area contributed by atoms with Crippen LogP contribution in [-0.2, 0) is 25.6 Å².